The Labute approximate surface area is 163 Å². The van der Waals surface area contributed by atoms with Crippen LogP contribution in [-0.2, 0) is 17.6 Å². The lowest BCUT2D eigenvalue weighted by molar-refractivity contribution is -0.121. The van der Waals surface area contributed by atoms with Crippen LogP contribution >= 0.6 is 0 Å². The molecule has 2 aromatic heterocycles. The number of carbonyl (C=O) groups excluding carboxylic acids is 1. The number of amides is 1. The van der Waals surface area contributed by atoms with Gasteiger partial charge in [0.25, 0.3) is 0 Å². The summed E-state index contributed by atoms with van der Waals surface area (Å²) in [6, 6.07) is 11.7. The van der Waals surface area contributed by atoms with Crippen LogP contribution in [0.3, 0.4) is 0 Å². The third-order valence-corrected chi connectivity index (χ3v) is 4.74. The molecule has 3 heterocycles. The van der Waals surface area contributed by atoms with E-state index >= 15 is 0 Å². The molecule has 0 saturated heterocycles. The molecule has 0 aliphatic carbocycles. The van der Waals surface area contributed by atoms with Gasteiger partial charge in [-0.2, -0.15) is 4.98 Å². The number of nitrogens with zero attached hydrogens (tertiary/aromatic N) is 3. The van der Waals surface area contributed by atoms with Crippen LogP contribution in [0.1, 0.15) is 24.3 Å². The second-order valence-corrected chi connectivity index (χ2v) is 6.89. The number of hydrogen-bond acceptors (Lipinski definition) is 6. The van der Waals surface area contributed by atoms with Crippen LogP contribution in [0.25, 0.3) is 11.4 Å². The predicted molar refractivity (Wildman–Crippen MR) is 103 cm³/mol. The van der Waals surface area contributed by atoms with Crippen molar-refractivity contribution in [1.82, 2.24) is 20.4 Å². The third kappa shape index (κ3) is 4.54. The quantitative estimate of drug-likeness (QED) is 0.680. The van der Waals surface area contributed by atoms with Gasteiger partial charge in [-0.05, 0) is 36.6 Å². The molecule has 7 heteroatoms. The fraction of sp³-hybridized carbons (Fsp3) is 0.333. The number of nitrogens with one attached hydrogen (secondary N) is 1. The van der Waals surface area contributed by atoms with Gasteiger partial charge in [0.05, 0.1) is 6.61 Å². The van der Waals surface area contributed by atoms with Crippen LogP contribution < -0.4 is 10.1 Å². The second kappa shape index (κ2) is 8.65. The molecule has 0 fully saturated rings. The number of para-hydroxylation sites is 1. The monoisotopic (exact) mass is 378 g/mol. The van der Waals surface area contributed by atoms with Gasteiger partial charge in [-0.25, -0.2) is 0 Å². The summed E-state index contributed by atoms with van der Waals surface area (Å²) in [7, 11) is 0. The third-order valence-electron chi connectivity index (χ3n) is 4.74. The van der Waals surface area contributed by atoms with Crippen molar-refractivity contribution in [2.24, 2.45) is 5.92 Å². The number of fused-ring (bicyclic) bond motifs is 1. The molecule has 4 rings (SSSR count). The first-order valence-corrected chi connectivity index (χ1v) is 9.48. The van der Waals surface area contributed by atoms with E-state index in [1.165, 1.54) is 5.56 Å². The maximum Gasteiger partial charge on any atom is 0.226 e. The summed E-state index contributed by atoms with van der Waals surface area (Å²) in [6.07, 6.45) is 5.96. The molecular formula is C21H22N4O3. The zero-order chi connectivity index (χ0) is 19.2. The maximum absolute atomic E-state index is 12.1. The van der Waals surface area contributed by atoms with Gasteiger partial charge < -0.3 is 14.6 Å². The molecule has 0 radical (unpaired) electrons. The fourth-order valence-electron chi connectivity index (χ4n) is 3.24. The lowest BCUT2D eigenvalue weighted by Gasteiger charge is -2.25. The molecule has 0 spiro atoms. The Kier molecular flexibility index (Phi) is 5.61. The highest BCUT2D eigenvalue weighted by Gasteiger charge is 2.20. The largest absolute Gasteiger partial charge is 0.493 e. The Balaban J connectivity index is 1.18. The summed E-state index contributed by atoms with van der Waals surface area (Å²) < 4.78 is 11.0. The van der Waals surface area contributed by atoms with Gasteiger partial charge >= 0.3 is 0 Å². The number of ether oxygens (including phenoxy) is 1. The second-order valence-electron chi connectivity index (χ2n) is 6.89. The number of hydrogen-bond donors (Lipinski definition) is 1. The van der Waals surface area contributed by atoms with E-state index in [0.717, 1.165) is 17.7 Å². The number of pyridine rings is 1. The Morgan fingerprint density at radius 1 is 1.18 bits per heavy atom. The van der Waals surface area contributed by atoms with E-state index in [1.807, 2.05) is 30.3 Å². The van der Waals surface area contributed by atoms with Crippen molar-refractivity contribution < 1.29 is 14.1 Å². The summed E-state index contributed by atoms with van der Waals surface area (Å²) in [5.41, 5.74) is 2.06. The first-order valence-electron chi connectivity index (χ1n) is 9.48. The van der Waals surface area contributed by atoms with Gasteiger partial charge in [-0.15, -0.1) is 0 Å². The standard InChI is InChI=1S/C21H22N4O3/c26-19(23-13-15-12-17-4-1-2-5-18(17)27-14-15)6-3-7-20-24-21(25-28-20)16-8-10-22-11-9-16/h1-2,4-5,8-11,15H,3,6-7,12-14H2,(H,23,26)/t15-/m1/s1. The van der Waals surface area contributed by atoms with Crippen molar-refractivity contribution in [2.45, 2.75) is 25.7 Å². The van der Waals surface area contributed by atoms with Crippen LogP contribution in [0.2, 0.25) is 0 Å². The number of carbonyl (C=O) groups is 1. The minimum absolute atomic E-state index is 0.0349. The molecule has 3 aromatic rings. The van der Waals surface area contributed by atoms with Crippen LogP contribution in [0.4, 0.5) is 0 Å². The molecule has 28 heavy (non-hydrogen) atoms. The Morgan fingerprint density at radius 2 is 2.04 bits per heavy atom. The van der Waals surface area contributed by atoms with Crippen LogP contribution in [-0.4, -0.2) is 34.2 Å². The average Bonchev–Trinajstić information content (AvgIpc) is 3.22. The van der Waals surface area contributed by atoms with Crippen molar-refractivity contribution in [2.75, 3.05) is 13.2 Å². The number of aryl methyl sites for hydroxylation is 1. The molecule has 7 nitrogen and oxygen atoms in total. The first-order chi connectivity index (χ1) is 13.8. The molecule has 0 bridgehead atoms. The molecule has 1 aliphatic heterocycles. The van der Waals surface area contributed by atoms with Crippen molar-refractivity contribution >= 4 is 5.91 Å². The Morgan fingerprint density at radius 3 is 2.93 bits per heavy atom. The summed E-state index contributed by atoms with van der Waals surface area (Å²) >= 11 is 0. The van der Waals surface area contributed by atoms with Gasteiger partial charge in [-0.3, -0.25) is 9.78 Å². The topological polar surface area (TPSA) is 90.1 Å². The van der Waals surface area contributed by atoms with Crippen LogP contribution in [0, 0.1) is 5.92 Å². The highest BCUT2D eigenvalue weighted by atomic mass is 16.5. The molecule has 0 saturated carbocycles. The summed E-state index contributed by atoms with van der Waals surface area (Å²) in [4.78, 5) is 20.5. The van der Waals surface area contributed by atoms with E-state index in [9.17, 15) is 4.79 Å². The van der Waals surface area contributed by atoms with E-state index in [0.29, 0.717) is 50.0 Å². The number of rotatable bonds is 7. The SMILES string of the molecule is O=C(CCCc1nc(-c2ccncc2)no1)NC[C@@H]1COc2ccccc2C1. The van der Waals surface area contributed by atoms with Gasteiger partial charge in [0.15, 0.2) is 0 Å². The van der Waals surface area contributed by atoms with E-state index in [1.54, 1.807) is 12.4 Å². The Hall–Kier alpha value is -3.22. The van der Waals surface area contributed by atoms with Gasteiger partial charge in [-0.1, -0.05) is 23.4 Å². The van der Waals surface area contributed by atoms with Crippen LogP contribution in [0.5, 0.6) is 5.75 Å². The predicted octanol–water partition coefficient (Wildman–Crippen LogP) is 2.82. The molecule has 144 valence electrons. The summed E-state index contributed by atoms with van der Waals surface area (Å²) in [6.45, 7) is 1.26. The highest BCUT2D eigenvalue weighted by Crippen LogP contribution is 2.26. The molecular weight excluding hydrogens is 356 g/mol. The van der Waals surface area contributed by atoms with E-state index < -0.39 is 0 Å². The minimum atomic E-state index is 0.0349. The van der Waals surface area contributed by atoms with Gasteiger partial charge in [0, 0.05) is 43.3 Å². The molecule has 1 amide bonds. The highest BCUT2D eigenvalue weighted by molar-refractivity contribution is 5.75. The molecule has 1 N–H and O–H groups in total. The number of aromatic nitrogens is 3. The smallest absolute Gasteiger partial charge is 0.226 e. The maximum atomic E-state index is 12.1. The van der Waals surface area contributed by atoms with E-state index in [4.69, 9.17) is 9.26 Å². The van der Waals surface area contributed by atoms with Crippen molar-refractivity contribution in [3.8, 4) is 17.1 Å². The zero-order valence-electron chi connectivity index (χ0n) is 15.5. The molecule has 1 atom stereocenters. The number of benzene rings is 1. The van der Waals surface area contributed by atoms with Gasteiger partial charge in [0.1, 0.15) is 5.75 Å². The minimum Gasteiger partial charge on any atom is -0.493 e. The van der Waals surface area contributed by atoms with E-state index in [2.05, 4.69) is 26.5 Å². The average molecular weight is 378 g/mol. The van der Waals surface area contributed by atoms with Crippen LogP contribution in [0.15, 0.2) is 53.3 Å². The Bertz CT molecular complexity index is 926. The molecule has 1 aliphatic rings. The molecule has 1 aromatic carbocycles. The summed E-state index contributed by atoms with van der Waals surface area (Å²) in [5, 5.41) is 6.98. The zero-order valence-corrected chi connectivity index (χ0v) is 15.5. The van der Waals surface area contributed by atoms with Crippen molar-refractivity contribution in [3.63, 3.8) is 0 Å². The van der Waals surface area contributed by atoms with Gasteiger partial charge in [0.2, 0.25) is 17.6 Å². The lowest BCUT2D eigenvalue weighted by Crippen LogP contribution is -2.34. The van der Waals surface area contributed by atoms with Crippen molar-refractivity contribution in [1.29, 1.82) is 0 Å². The lowest BCUT2D eigenvalue weighted by atomic mass is 9.97. The molecule has 0 unspecified atom stereocenters. The first kappa shape index (κ1) is 18.2. The van der Waals surface area contributed by atoms with Crippen molar-refractivity contribution in [3.05, 3.63) is 60.2 Å². The van der Waals surface area contributed by atoms with E-state index in [-0.39, 0.29) is 5.91 Å². The normalized spacial score (nSPS) is 15.5. The summed E-state index contributed by atoms with van der Waals surface area (Å²) in [5.74, 6) is 2.37. The fourth-order valence-corrected chi connectivity index (χ4v) is 3.24.